The van der Waals surface area contributed by atoms with Crippen molar-refractivity contribution in [1.82, 2.24) is 0 Å². The summed E-state index contributed by atoms with van der Waals surface area (Å²) < 4.78 is 9.34. The molecule has 13 heavy (non-hydrogen) atoms. The SMILES string of the molecule is CCCOC(=O)C(=O)C=COCC. The fourth-order valence-electron chi connectivity index (χ4n) is 0.540. The average molecular weight is 186 g/mol. The molecule has 0 atom stereocenters. The Labute approximate surface area is 77.5 Å². The molecule has 0 aromatic rings. The van der Waals surface area contributed by atoms with Gasteiger partial charge < -0.3 is 9.47 Å². The van der Waals surface area contributed by atoms with E-state index in [0.29, 0.717) is 13.0 Å². The zero-order valence-corrected chi connectivity index (χ0v) is 7.91. The van der Waals surface area contributed by atoms with Gasteiger partial charge in [-0.1, -0.05) is 6.92 Å². The van der Waals surface area contributed by atoms with Gasteiger partial charge in [0, 0.05) is 6.08 Å². The smallest absolute Gasteiger partial charge is 0.379 e. The van der Waals surface area contributed by atoms with E-state index in [1.54, 1.807) is 6.92 Å². The molecule has 0 fully saturated rings. The maximum atomic E-state index is 10.9. The number of hydrogen-bond donors (Lipinski definition) is 0. The molecule has 74 valence electrons. The number of ether oxygens (including phenoxy) is 2. The summed E-state index contributed by atoms with van der Waals surface area (Å²) in [6.45, 7) is 4.37. The molecule has 0 rings (SSSR count). The predicted molar refractivity (Wildman–Crippen MR) is 47.0 cm³/mol. The first kappa shape index (κ1) is 11.7. The average Bonchev–Trinajstić information content (AvgIpc) is 2.14. The van der Waals surface area contributed by atoms with Gasteiger partial charge in [0.05, 0.1) is 19.5 Å². The molecule has 0 aromatic carbocycles. The molecule has 0 aromatic heterocycles. The van der Waals surface area contributed by atoms with Crippen LogP contribution in [0.25, 0.3) is 0 Å². The zero-order chi connectivity index (χ0) is 10.1. The van der Waals surface area contributed by atoms with Crippen molar-refractivity contribution in [2.45, 2.75) is 20.3 Å². The second kappa shape index (κ2) is 7.34. The van der Waals surface area contributed by atoms with E-state index in [0.717, 1.165) is 6.08 Å². The molecule has 0 radical (unpaired) electrons. The third kappa shape index (κ3) is 5.90. The van der Waals surface area contributed by atoms with Gasteiger partial charge in [0.25, 0.3) is 5.78 Å². The number of carbonyl (C=O) groups is 2. The molecular formula is C9H14O4. The lowest BCUT2D eigenvalue weighted by Crippen LogP contribution is -2.15. The lowest BCUT2D eigenvalue weighted by molar-refractivity contribution is -0.151. The van der Waals surface area contributed by atoms with Crippen LogP contribution in [0.1, 0.15) is 20.3 Å². The van der Waals surface area contributed by atoms with Crippen molar-refractivity contribution in [3.05, 3.63) is 12.3 Å². The molecule has 0 aliphatic rings. The van der Waals surface area contributed by atoms with Crippen LogP contribution in [0.5, 0.6) is 0 Å². The van der Waals surface area contributed by atoms with Crippen LogP contribution in [0.2, 0.25) is 0 Å². The Kier molecular flexibility index (Phi) is 6.59. The van der Waals surface area contributed by atoms with E-state index in [-0.39, 0.29) is 6.61 Å². The van der Waals surface area contributed by atoms with Crippen LogP contribution >= 0.6 is 0 Å². The highest BCUT2D eigenvalue weighted by atomic mass is 16.5. The van der Waals surface area contributed by atoms with Crippen LogP contribution < -0.4 is 0 Å². The fraction of sp³-hybridized carbons (Fsp3) is 0.556. The normalized spacial score (nSPS) is 10.0. The molecule has 0 unspecified atom stereocenters. The van der Waals surface area contributed by atoms with Crippen molar-refractivity contribution < 1.29 is 19.1 Å². The number of esters is 1. The predicted octanol–water partition coefficient (Wildman–Crippen LogP) is 1.06. The first-order chi connectivity index (χ1) is 6.22. The molecule has 0 spiro atoms. The molecule has 0 saturated heterocycles. The number of rotatable bonds is 6. The minimum absolute atomic E-state index is 0.271. The van der Waals surface area contributed by atoms with E-state index in [9.17, 15) is 9.59 Å². The van der Waals surface area contributed by atoms with Crippen molar-refractivity contribution in [1.29, 1.82) is 0 Å². The third-order valence-electron chi connectivity index (χ3n) is 1.12. The summed E-state index contributed by atoms with van der Waals surface area (Å²) in [5, 5.41) is 0. The lowest BCUT2D eigenvalue weighted by atomic mass is 10.4. The highest BCUT2D eigenvalue weighted by Gasteiger charge is 2.10. The highest BCUT2D eigenvalue weighted by Crippen LogP contribution is 1.87. The standard InChI is InChI=1S/C9H14O4/c1-3-6-13-9(11)8(10)5-7-12-4-2/h5,7H,3-4,6H2,1-2H3. The monoisotopic (exact) mass is 186 g/mol. The summed E-state index contributed by atoms with van der Waals surface area (Å²) in [7, 11) is 0. The van der Waals surface area contributed by atoms with Crippen molar-refractivity contribution in [3.8, 4) is 0 Å². The van der Waals surface area contributed by atoms with Crippen molar-refractivity contribution in [2.75, 3.05) is 13.2 Å². The summed E-state index contributed by atoms with van der Waals surface area (Å²) >= 11 is 0. The van der Waals surface area contributed by atoms with Crippen molar-refractivity contribution in [2.24, 2.45) is 0 Å². The van der Waals surface area contributed by atoms with Gasteiger partial charge >= 0.3 is 5.97 Å². The van der Waals surface area contributed by atoms with Crippen LogP contribution in [0.4, 0.5) is 0 Å². The third-order valence-corrected chi connectivity index (χ3v) is 1.12. The number of carbonyl (C=O) groups excluding carboxylic acids is 2. The Morgan fingerprint density at radius 1 is 1.31 bits per heavy atom. The van der Waals surface area contributed by atoms with Crippen LogP contribution in [0.3, 0.4) is 0 Å². The topological polar surface area (TPSA) is 52.6 Å². The highest BCUT2D eigenvalue weighted by molar-refractivity contribution is 6.38. The minimum Gasteiger partial charge on any atom is -0.501 e. The molecule has 0 heterocycles. The van der Waals surface area contributed by atoms with Gasteiger partial charge in [-0.25, -0.2) is 4.79 Å². The van der Waals surface area contributed by atoms with E-state index < -0.39 is 11.8 Å². The first-order valence-electron chi connectivity index (χ1n) is 4.21. The molecule has 0 aliphatic carbocycles. The van der Waals surface area contributed by atoms with E-state index in [1.165, 1.54) is 6.26 Å². The van der Waals surface area contributed by atoms with Gasteiger partial charge in [-0.15, -0.1) is 0 Å². The summed E-state index contributed by atoms with van der Waals surface area (Å²) in [5.41, 5.74) is 0. The molecule has 4 nitrogen and oxygen atoms in total. The van der Waals surface area contributed by atoms with Gasteiger partial charge in [-0.3, -0.25) is 4.79 Å². The maximum absolute atomic E-state index is 10.9. The molecule has 4 heteroatoms. The maximum Gasteiger partial charge on any atom is 0.379 e. The Balaban J connectivity index is 3.75. The van der Waals surface area contributed by atoms with E-state index >= 15 is 0 Å². The Morgan fingerprint density at radius 2 is 2.00 bits per heavy atom. The van der Waals surface area contributed by atoms with Gasteiger partial charge in [-0.05, 0) is 13.3 Å². The Hall–Kier alpha value is -1.32. The summed E-state index contributed by atoms with van der Waals surface area (Å²) in [6.07, 6.45) is 2.95. The summed E-state index contributed by atoms with van der Waals surface area (Å²) in [6, 6.07) is 0. The van der Waals surface area contributed by atoms with Gasteiger partial charge in [-0.2, -0.15) is 0 Å². The van der Waals surface area contributed by atoms with E-state index in [2.05, 4.69) is 4.74 Å². The Morgan fingerprint density at radius 3 is 2.54 bits per heavy atom. The first-order valence-corrected chi connectivity index (χ1v) is 4.21. The summed E-state index contributed by atoms with van der Waals surface area (Å²) in [5.74, 6) is -1.53. The van der Waals surface area contributed by atoms with Gasteiger partial charge in [0.2, 0.25) is 0 Å². The fourth-order valence-corrected chi connectivity index (χ4v) is 0.540. The van der Waals surface area contributed by atoms with Crippen LogP contribution in [0, 0.1) is 0 Å². The molecule has 0 bridgehead atoms. The van der Waals surface area contributed by atoms with Crippen LogP contribution in [-0.4, -0.2) is 25.0 Å². The van der Waals surface area contributed by atoms with E-state index in [4.69, 9.17) is 4.74 Å². The number of hydrogen-bond acceptors (Lipinski definition) is 4. The largest absolute Gasteiger partial charge is 0.501 e. The number of ketones is 1. The minimum atomic E-state index is -0.835. The summed E-state index contributed by atoms with van der Waals surface area (Å²) in [4.78, 5) is 21.7. The molecule has 0 saturated carbocycles. The zero-order valence-electron chi connectivity index (χ0n) is 7.91. The molecule has 0 aliphatic heterocycles. The molecule has 0 amide bonds. The quantitative estimate of drug-likeness (QED) is 0.269. The second-order valence-electron chi connectivity index (χ2n) is 2.26. The lowest BCUT2D eigenvalue weighted by Gasteiger charge is -1.98. The van der Waals surface area contributed by atoms with Crippen molar-refractivity contribution in [3.63, 3.8) is 0 Å². The molecule has 0 N–H and O–H groups in total. The van der Waals surface area contributed by atoms with Crippen molar-refractivity contribution >= 4 is 11.8 Å². The van der Waals surface area contributed by atoms with Crippen LogP contribution in [-0.2, 0) is 19.1 Å². The van der Waals surface area contributed by atoms with Gasteiger partial charge in [0.15, 0.2) is 0 Å². The Bertz CT molecular complexity index is 196. The molecular weight excluding hydrogens is 172 g/mol. The van der Waals surface area contributed by atoms with E-state index in [1.807, 2.05) is 6.92 Å². The van der Waals surface area contributed by atoms with Gasteiger partial charge in [0.1, 0.15) is 0 Å². The van der Waals surface area contributed by atoms with Crippen LogP contribution in [0.15, 0.2) is 12.3 Å². The second-order valence-corrected chi connectivity index (χ2v) is 2.26.